The van der Waals surface area contributed by atoms with Gasteiger partial charge in [-0.1, -0.05) is 20.8 Å². The van der Waals surface area contributed by atoms with E-state index in [-0.39, 0.29) is 0 Å². The third-order valence-electron chi connectivity index (χ3n) is 4.64. The molecule has 0 spiro atoms. The lowest BCUT2D eigenvalue weighted by molar-refractivity contribution is 0.0394. The molecule has 2 rings (SSSR count). The Balaban J connectivity index is 1.99. The van der Waals surface area contributed by atoms with Gasteiger partial charge in [0, 0.05) is 25.3 Å². The quantitative estimate of drug-likeness (QED) is 0.800. The van der Waals surface area contributed by atoms with Gasteiger partial charge in [-0.3, -0.25) is 4.68 Å². The summed E-state index contributed by atoms with van der Waals surface area (Å²) in [6.45, 7) is 9.48. The van der Waals surface area contributed by atoms with Gasteiger partial charge in [0.15, 0.2) is 0 Å². The molecule has 0 saturated carbocycles. The SMILES string of the molecule is CCNC(Cc1ccn(C(CC)CC)n1)C1CCCOC1. The van der Waals surface area contributed by atoms with Crippen LogP contribution in [-0.4, -0.2) is 35.6 Å². The Morgan fingerprint density at radius 1 is 1.38 bits per heavy atom. The summed E-state index contributed by atoms with van der Waals surface area (Å²) in [4.78, 5) is 0. The summed E-state index contributed by atoms with van der Waals surface area (Å²) in [6, 6.07) is 3.21. The second kappa shape index (κ2) is 8.54. The van der Waals surface area contributed by atoms with Crippen LogP contribution in [0, 0.1) is 5.92 Å². The maximum atomic E-state index is 5.66. The van der Waals surface area contributed by atoms with Crippen molar-refractivity contribution in [2.24, 2.45) is 5.92 Å². The van der Waals surface area contributed by atoms with Gasteiger partial charge in [0.1, 0.15) is 0 Å². The predicted octanol–water partition coefficient (Wildman–Crippen LogP) is 3.19. The average molecular weight is 293 g/mol. The summed E-state index contributed by atoms with van der Waals surface area (Å²) in [5, 5.41) is 8.44. The van der Waals surface area contributed by atoms with Crippen molar-refractivity contribution in [3.05, 3.63) is 18.0 Å². The van der Waals surface area contributed by atoms with Crippen LogP contribution in [0.1, 0.15) is 58.2 Å². The van der Waals surface area contributed by atoms with E-state index in [4.69, 9.17) is 9.84 Å². The number of hydrogen-bond donors (Lipinski definition) is 1. The van der Waals surface area contributed by atoms with Gasteiger partial charge in [0.2, 0.25) is 0 Å². The van der Waals surface area contributed by atoms with E-state index in [1.807, 2.05) is 0 Å². The molecule has 2 heterocycles. The molecule has 0 aliphatic carbocycles. The third-order valence-corrected chi connectivity index (χ3v) is 4.64. The zero-order valence-electron chi connectivity index (χ0n) is 13.8. The van der Waals surface area contributed by atoms with Crippen molar-refractivity contribution >= 4 is 0 Å². The summed E-state index contributed by atoms with van der Waals surface area (Å²) >= 11 is 0. The summed E-state index contributed by atoms with van der Waals surface area (Å²) in [5.74, 6) is 0.622. The van der Waals surface area contributed by atoms with Crippen molar-refractivity contribution in [2.75, 3.05) is 19.8 Å². The molecule has 1 aromatic rings. The first-order chi connectivity index (χ1) is 10.3. The minimum absolute atomic E-state index is 0.486. The molecule has 120 valence electrons. The van der Waals surface area contributed by atoms with Gasteiger partial charge in [-0.2, -0.15) is 5.10 Å². The van der Waals surface area contributed by atoms with Crippen LogP contribution in [0.25, 0.3) is 0 Å². The molecule has 1 N–H and O–H groups in total. The highest BCUT2D eigenvalue weighted by atomic mass is 16.5. The first kappa shape index (κ1) is 16.5. The van der Waals surface area contributed by atoms with Crippen molar-refractivity contribution in [1.29, 1.82) is 0 Å². The third kappa shape index (κ3) is 4.55. The van der Waals surface area contributed by atoms with Crippen LogP contribution in [0.15, 0.2) is 12.3 Å². The maximum Gasteiger partial charge on any atom is 0.0640 e. The van der Waals surface area contributed by atoms with Gasteiger partial charge in [-0.15, -0.1) is 0 Å². The highest BCUT2D eigenvalue weighted by Gasteiger charge is 2.24. The fraction of sp³-hybridized carbons (Fsp3) is 0.824. The normalized spacial score (nSPS) is 20.9. The van der Waals surface area contributed by atoms with Crippen molar-refractivity contribution in [2.45, 2.75) is 65.0 Å². The average Bonchev–Trinajstić information content (AvgIpc) is 2.97. The van der Waals surface area contributed by atoms with Crippen LogP contribution < -0.4 is 5.32 Å². The van der Waals surface area contributed by atoms with E-state index >= 15 is 0 Å². The van der Waals surface area contributed by atoms with Crippen LogP contribution in [0.4, 0.5) is 0 Å². The molecule has 21 heavy (non-hydrogen) atoms. The highest BCUT2D eigenvalue weighted by molar-refractivity contribution is 5.03. The molecule has 1 aliphatic heterocycles. The number of likely N-dealkylation sites (N-methyl/N-ethyl adjacent to an activating group) is 1. The largest absolute Gasteiger partial charge is 0.381 e. The molecular weight excluding hydrogens is 262 g/mol. The minimum atomic E-state index is 0.486. The van der Waals surface area contributed by atoms with Crippen LogP contribution in [-0.2, 0) is 11.2 Å². The number of rotatable bonds is 8. The van der Waals surface area contributed by atoms with Gasteiger partial charge in [-0.05, 0) is 44.2 Å². The summed E-state index contributed by atoms with van der Waals surface area (Å²) < 4.78 is 7.81. The number of hydrogen-bond acceptors (Lipinski definition) is 3. The van der Waals surface area contributed by atoms with Gasteiger partial charge < -0.3 is 10.1 Å². The molecule has 0 aromatic carbocycles. The van der Waals surface area contributed by atoms with E-state index in [1.54, 1.807) is 0 Å². The van der Waals surface area contributed by atoms with Crippen molar-refractivity contribution in [1.82, 2.24) is 15.1 Å². The number of aromatic nitrogens is 2. The summed E-state index contributed by atoms with van der Waals surface area (Å²) in [5.41, 5.74) is 1.21. The number of nitrogens with zero attached hydrogens (tertiary/aromatic N) is 2. The Labute approximate surface area is 129 Å². The topological polar surface area (TPSA) is 39.1 Å². The first-order valence-corrected chi connectivity index (χ1v) is 8.63. The van der Waals surface area contributed by atoms with Crippen LogP contribution in [0.2, 0.25) is 0 Å². The first-order valence-electron chi connectivity index (χ1n) is 8.63. The standard InChI is InChI=1S/C17H31N3O/c1-4-16(5-2)20-10-9-15(19-20)12-17(18-6-3)14-8-7-11-21-13-14/h9-10,14,16-18H,4-8,11-13H2,1-3H3. The van der Waals surface area contributed by atoms with Gasteiger partial charge in [0.25, 0.3) is 0 Å². The van der Waals surface area contributed by atoms with E-state index < -0.39 is 0 Å². The second-order valence-corrected chi connectivity index (χ2v) is 6.10. The fourth-order valence-corrected chi connectivity index (χ4v) is 3.33. The molecule has 0 amide bonds. The zero-order chi connectivity index (χ0) is 15.1. The molecular formula is C17H31N3O. The number of nitrogens with one attached hydrogen (secondary N) is 1. The van der Waals surface area contributed by atoms with Crippen LogP contribution >= 0.6 is 0 Å². The molecule has 2 atom stereocenters. The Bertz CT molecular complexity index is 394. The smallest absolute Gasteiger partial charge is 0.0640 e. The van der Waals surface area contributed by atoms with Gasteiger partial charge in [0.05, 0.1) is 18.3 Å². The molecule has 1 aromatic heterocycles. The van der Waals surface area contributed by atoms with E-state index in [0.29, 0.717) is 18.0 Å². The Kier molecular flexibility index (Phi) is 6.71. The molecule has 4 nitrogen and oxygen atoms in total. The highest BCUT2D eigenvalue weighted by Crippen LogP contribution is 2.21. The maximum absolute atomic E-state index is 5.66. The summed E-state index contributed by atoms with van der Waals surface area (Å²) in [7, 11) is 0. The van der Waals surface area contributed by atoms with E-state index in [0.717, 1.165) is 39.0 Å². The van der Waals surface area contributed by atoms with E-state index in [1.165, 1.54) is 18.5 Å². The van der Waals surface area contributed by atoms with Gasteiger partial charge in [-0.25, -0.2) is 0 Å². The Morgan fingerprint density at radius 2 is 2.19 bits per heavy atom. The lowest BCUT2D eigenvalue weighted by atomic mass is 9.90. The van der Waals surface area contributed by atoms with Gasteiger partial charge >= 0.3 is 0 Å². The molecule has 1 saturated heterocycles. The molecule has 0 bridgehead atoms. The van der Waals surface area contributed by atoms with E-state index in [9.17, 15) is 0 Å². The van der Waals surface area contributed by atoms with Crippen LogP contribution in [0.5, 0.6) is 0 Å². The second-order valence-electron chi connectivity index (χ2n) is 6.10. The van der Waals surface area contributed by atoms with E-state index in [2.05, 4.69) is 43.0 Å². The Morgan fingerprint density at radius 3 is 2.81 bits per heavy atom. The number of ether oxygens (including phenoxy) is 1. The molecule has 0 radical (unpaired) electrons. The molecule has 2 unspecified atom stereocenters. The lowest BCUT2D eigenvalue weighted by Crippen LogP contribution is -2.41. The fourth-order valence-electron chi connectivity index (χ4n) is 3.33. The van der Waals surface area contributed by atoms with Crippen molar-refractivity contribution < 1.29 is 4.74 Å². The molecule has 4 heteroatoms. The summed E-state index contributed by atoms with van der Waals surface area (Å²) in [6.07, 6.45) is 7.90. The Hall–Kier alpha value is -0.870. The van der Waals surface area contributed by atoms with Crippen molar-refractivity contribution in [3.63, 3.8) is 0 Å². The van der Waals surface area contributed by atoms with Crippen molar-refractivity contribution in [3.8, 4) is 0 Å². The zero-order valence-corrected chi connectivity index (χ0v) is 13.8. The predicted molar refractivity (Wildman–Crippen MR) is 86.6 cm³/mol. The minimum Gasteiger partial charge on any atom is -0.381 e. The lowest BCUT2D eigenvalue weighted by Gasteiger charge is -2.30. The molecule has 1 fully saturated rings. The molecule has 1 aliphatic rings. The van der Waals surface area contributed by atoms with Crippen LogP contribution in [0.3, 0.4) is 0 Å². The monoisotopic (exact) mass is 293 g/mol.